The van der Waals surface area contributed by atoms with Gasteiger partial charge in [0.25, 0.3) is 5.91 Å². The zero-order valence-corrected chi connectivity index (χ0v) is 17.1. The topological polar surface area (TPSA) is 51.2 Å². The molecule has 1 aliphatic heterocycles. The van der Waals surface area contributed by atoms with E-state index >= 15 is 0 Å². The summed E-state index contributed by atoms with van der Waals surface area (Å²) in [6.07, 6.45) is 3.16. The van der Waals surface area contributed by atoms with Crippen molar-refractivity contribution < 1.29 is 9.53 Å². The van der Waals surface area contributed by atoms with Crippen molar-refractivity contribution >= 4 is 33.2 Å². The lowest BCUT2D eigenvalue weighted by atomic mass is 9.82. The van der Waals surface area contributed by atoms with Gasteiger partial charge in [-0.25, -0.2) is 4.98 Å². The van der Waals surface area contributed by atoms with Crippen molar-refractivity contribution in [2.45, 2.75) is 18.4 Å². The minimum Gasteiger partial charge on any atom is -0.381 e. The number of nitrogens with one attached hydrogen (secondary N) is 1. The van der Waals surface area contributed by atoms with Crippen LogP contribution in [0.1, 0.15) is 28.1 Å². The molecule has 27 heavy (non-hydrogen) atoms. The second-order valence-electron chi connectivity index (χ2n) is 6.55. The highest BCUT2D eigenvalue weighted by molar-refractivity contribution is 9.10. The second kappa shape index (κ2) is 7.92. The summed E-state index contributed by atoms with van der Waals surface area (Å²) in [5.41, 5.74) is 1.70. The Bertz CT molecular complexity index is 936. The number of rotatable bonds is 4. The highest BCUT2D eigenvalue weighted by atomic mass is 79.9. The number of benzene rings is 2. The van der Waals surface area contributed by atoms with Gasteiger partial charge in [0.15, 0.2) is 0 Å². The molecule has 1 aliphatic rings. The molecule has 1 saturated heterocycles. The van der Waals surface area contributed by atoms with E-state index in [4.69, 9.17) is 4.74 Å². The van der Waals surface area contributed by atoms with Crippen LogP contribution in [0.5, 0.6) is 0 Å². The zero-order chi connectivity index (χ0) is 18.7. The molecule has 1 fully saturated rings. The lowest BCUT2D eigenvalue weighted by molar-refractivity contribution is 0.0346. The molecule has 2 aromatic carbocycles. The molecule has 6 heteroatoms. The second-order valence-corrected chi connectivity index (χ2v) is 8.50. The fourth-order valence-electron chi connectivity index (χ4n) is 3.36. The molecule has 0 radical (unpaired) electrons. The van der Waals surface area contributed by atoms with Crippen LogP contribution in [0.2, 0.25) is 0 Å². The summed E-state index contributed by atoms with van der Waals surface area (Å²) in [4.78, 5) is 18.1. The number of carbonyl (C=O) groups is 1. The average Bonchev–Trinajstić information content (AvgIpc) is 3.20. The van der Waals surface area contributed by atoms with E-state index in [0.29, 0.717) is 18.1 Å². The molecule has 0 spiro atoms. The fourth-order valence-corrected chi connectivity index (χ4v) is 4.58. The van der Waals surface area contributed by atoms with Gasteiger partial charge in [0, 0.05) is 23.2 Å². The van der Waals surface area contributed by atoms with E-state index in [1.54, 1.807) is 6.20 Å². The first-order chi connectivity index (χ1) is 13.2. The molecule has 0 bridgehead atoms. The van der Waals surface area contributed by atoms with Gasteiger partial charge in [-0.2, -0.15) is 0 Å². The molecule has 0 unspecified atom stereocenters. The van der Waals surface area contributed by atoms with Gasteiger partial charge in [0.2, 0.25) is 0 Å². The fraction of sp³-hybridized carbons (Fsp3) is 0.238. The average molecular weight is 443 g/mol. The number of amides is 1. The smallest absolute Gasteiger partial charge is 0.263 e. The van der Waals surface area contributed by atoms with E-state index < -0.39 is 5.54 Å². The molecular formula is C21H19BrN2O2S. The van der Waals surface area contributed by atoms with E-state index in [9.17, 15) is 4.79 Å². The van der Waals surface area contributed by atoms with Gasteiger partial charge < -0.3 is 10.1 Å². The van der Waals surface area contributed by atoms with Gasteiger partial charge in [-0.15, -0.1) is 11.3 Å². The Morgan fingerprint density at radius 3 is 2.63 bits per heavy atom. The predicted molar refractivity (Wildman–Crippen MR) is 111 cm³/mol. The summed E-state index contributed by atoms with van der Waals surface area (Å²) in [7, 11) is 0. The van der Waals surface area contributed by atoms with Crippen molar-refractivity contribution in [3.8, 4) is 10.6 Å². The molecule has 138 valence electrons. The van der Waals surface area contributed by atoms with Crippen molar-refractivity contribution in [3.63, 3.8) is 0 Å². The highest BCUT2D eigenvalue weighted by Crippen LogP contribution is 2.34. The van der Waals surface area contributed by atoms with Crippen LogP contribution in [0.15, 0.2) is 65.3 Å². The Morgan fingerprint density at radius 1 is 1.11 bits per heavy atom. The molecule has 4 nitrogen and oxygen atoms in total. The summed E-state index contributed by atoms with van der Waals surface area (Å²) in [5, 5.41) is 4.14. The number of hydrogen-bond acceptors (Lipinski definition) is 4. The Morgan fingerprint density at radius 2 is 1.89 bits per heavy atom. The number of ether oxygens (including phenoxy) is 1. The third-order valence-corrected chi connectivity index (χ3v) is 6.37. The van der Waals surface area contributed by atoms with Crippen LogP contribution in [0, 0.1) is 0 Å². The van der Waals surface area contributed by atoms with Gasteiger partial charge in [0.05, 0.1) is 11.7 Å². The van der Waals surface area contributed by atoms with E-state index in [1.807, 2.05) is 42.5 Å². The summed E-state index contributed by atoms with van der Waals surface area (Å²) < 4.78 is 6.56. The van der Waals surface area contributed by atoms with Crippen molar-refractivity contribution in [2.75, 3.05) is 13.2 Å². The normalized spacial score (nSPS) is 16.0. The van der Waals surface area contributed by atoms with E-state index in [1.165, 1.54) is 11.3 Å². The summed E-state index contributed by atoms with van der Waals surface area (Å²) in [6, 6.07) is 18.1. The molecule has 2 heterocycles. The third kappa shape index (κ3) is 3.98. The quantitative estimate of drug-likeness (QED) is 0.617. The van der Waals surface area contributed by atoms with Crippen LogP contribution in [0.25, 0.3) is 10.6 Å². The number of thiazole rings is 1. The monoisotopic (exact) mass is 442 g/mol. The Balaban J connectivity index is 1.60. The van der Waals surface area contributed by atoms with E-state index in [0.717, 1.165) is 33.4 Å². The lowest BCUT2D eigenvalue weighted by Gasteiger charge is -2.38. The first-order valence-electron chi connectivity index (χ1n) is 8.84. The Hall–Kier alpha value is -2.02. The number of aromatic nitrogens is 1. The highest BCUT2D eigenvalue weighted by Gasteiger charge is 2.36. The Labute approximate surface area is 170 Å². The van der Waals surface area contributed by atoms with Gasteiger partial charge in [-0.3, -0.25) is 4.79 Å². The SMILES string of the molecule is O=C(NC1(c2cccc(Br)c2)CCOCC1)c1cnc(-c2ccccc2)s1. The molecule has 0 atom stereocenters. The summed E-state index contributed by atoms with van der Waals surface area (Å²) >= 11 is 4.96. The first-order valence-corrected chi connectivity index (χ1v) is 10.4. The van der Waals surface area contributed by atoms with Crippen molar-refractivity contribution in [3.05, 3.63) is 75.7 Å². The molecule has 1 aromatic heterocycles. The number of halogens is 1. The van der Waals surface area contributed by atoms with Gasteiger partial charge in [0.1, 0.15) is 9.88 Å². The molecular weight excluding hydrogens is 424 g/mol. The number of carbonyl (C=O) groups excluding carboxylic acids is 1. The lowest BCUT2D eigenvalue weighted by Crippen LogP contribution is -2.49. The van der Waals surface area contributed by atoms with Crippen molar-refractivity contribution in [2.24, 2.45) is 0 Å². The molecule has 4 rings (SSSR count). The van der Waals surface area contributed by atoms with E-state index in [-0.39, 0.29) is 5.91 Å². The maximum atomic E-state index is 13.0. The van der Waals surface area contributed by atoms with Gasteiger partial charge in [-0.1, -0.05) is 58.4 Å². The maximum absolute atomic E-state index is 13.0. The standard InChI is InChI=1S/C21H19BrN2O2S/c22-17-8-4-7-16(13-17)21(9-11-26-12-10-21)24-19(25)18-14-23-20(27-18)15-5-2-1-3-6-15/h1-8,13-14H,9-12H2,(H,24,25). The van der Waals surface area contributed by atoms with Crippen molar-refractivity contribution in [1.82, 2.24) is 10.3 Å². The minimum atomic E-state index is -0.421. The zero-order valence-electron chi connectivity index (χ0n) is 14.7. The number of nitrogens with zero attached hydrogens (tertiary/aromatic N) is 1. The molecule has 0 saturated carbocycles. The van der Waals surface area contributed by atoms with Crippen LogP contribution >= 0.6 is 27.3 Å². The summed E-state index contributed by atoms with van der Waals surface area (Å²) in [5.74, 6) is -0.0865. The largest absolute Gasteiger partial charge is 0.381 e. The van der Waals surface area contributed by atoms with Crippen LogP contribution in [0.4, 0.5) is 0 Å². The summed E-state index contributed by atoms with van der Waals surface area (Å²) in [6.45, 7) is 1.26. The van der Waals surface area contributed by atoms with Gasteiger partial charge in [-0.05, 0) is 30.5 Å². The molecule has 0 aliphatic carbocycles. The molecule has 1 amide bonds. The molecule has 3 aromatic rings. The van der Waals surface area contributed by atoms with Crippen LogP contribution in [-0.2, 0) is 10.3 Å². The van der Waals surface area contributed by atoms with Gasteiger partial charge >= 0.3 is 0 Å². The number of hydrogen-bond donors (Lipinski definition) is 1. The minimum absolute atomic E-state index is 0.0865. The maximum Gasteiger partial charge on any atom is 0.263 e. The predicted octanol–water partition coefficient (Wildman–Crippen LogP) is 5.01. The Kier molecular flexibility index (Phi) is 5.38. The molecule has 1 N–H and O–H groups in total. The van der Waals surface area contributed by atoms with E-state index in [2.05, 4.69) is 38.4 Å². The van der Waals surface area contributed by atoms with Crippen LogP contribution in [-0.4, -0.2) is 24.1 Å². The van der Waals surface area contributed by atoms with Crippen molar-refractivity contribution in [1.29, 1.82) is 0 Å². The van der Waals surface area contributed by atoms with Crippen LogP contribution < -0.4 is 5.32 Å². The first kappa shape index (κ1) is 18.3. The van der Waals surface area contributed by atoms with Crippen LogP contribution in [0.3, 0.4) is 0 Å². The third-order valence-electron chi connectivity index (χ3n) is 4.83.